The highest BCUT2D eigenvalue weighted by molar-refractivity contribution is 6.74. The zero-order valence-corrected chi connectivity index (χ0v) is 20.5. The highest BCUT2D eigenvalue weighted by atomic mass is 28.4. The number of fused-ring (bicyclic) bond motifs is 1. The van der Waals surface area contributed by atoms with Crippen LogP contribution in [0.15, 0.2) is 11.1 Å². The first-order valence-electron chi connectivity index (χ1n) is 10.9. The van der Waals surface area contributed by atoms with Crippen LogP contribution in [0.3, 0.4) is 0 Å². The number of amides is 1. The summed E-state index contributed by atoms with van der Waals surface area (Å²) in [5.41, 5.74) is 0.267. The van der Waals surface area contributed by atoms with Crippen LogP contribution in [0.1, 0.15) is 53.5 Å². The topological polar surface area (TPSA) is 122 Å². The van der Waals surface area contributed by atoms with Crippen LogP contribution in [0.25, 0.3) is 11.2 Å². The number of nitrogens with one attached hydrogen (secondary N) is 2. The molecule has 2 aromatic heterocycles. The van der Waals surface area contributed by atoms with Crippen molar-refractivity contribution in [1.82, 2.24) is 19.5 Å². The van der Waals surface area contributed by atoms with Crippen LogP contribution >= 0.6 is 0 Å². The molecule has 2 aromatic rings. The van der Waals surface area contributed by atoms with Gasteiger partial charge in [0, 0.05) is 24.5 Å². The molecule has 3 rings (SSSR count). The molecule has 1 fully saturated rings. The number of nitrogens with zero attached hydrogens (tertiary/aromatic N) is 3. The molecule has 3 atom stereocenters. The first-order valence-corrected chi connectivity index (χ1v) is 13.8. The zero-order chi connectivity index (χ0) is 23.1. The van der Waals surface area contributed by atoms with Crippen molar-refractivity contribution < 1.29 is 14.3 Å². The highest BCUT2D eigenvalue weighted by Crippen LogP contribution is 2.43. The van der Waals surface area contributed by atoms with Crippen LogP contribution in [-0.4, -0.2) is 51.6 Å². The zero-order valence-electron chi connectivity index (χ0n) is 19.5. The van der Waals surface area contributed by atoms with Gasteiger partial charge in [-0.15, -0.1) is 0 Å². The van der Waals surface area contributed by atoms with Crippen molar-refractivity contribution in [1.29, 1.82) is 0 Å². The van der Waals surface area contributed by atoms with E-state index in [1.54, 1.807) is 20.2 Å². The van der Waals surface area contributed by atoms with E-state index in [0.29, 0.717) is 18.5 Å². The summed E-state index contributed by atoms with van der Waals surface area (Å²) in [5, 5.41) is 12.7. The summed E-state index contributed by atoms with van der Waals surface area (Å²) in [4.78, 5) is 35.8. The molecule has 31 heavy (non-hydrogen) atoms. The van der Waals surface area contributed by atoms with E-state index >= 15 is 0 Å². The molecule has 0 aliphatic heterocycles. The number of aliphatic hydroxyl groups excluding tert-OH is 1. The Morgan fingerprint density at radius 1 is 1.39 bits per heavy atom. The van der Waals surface area contributed by atoms with Gasteiger partial charge in [0.05, 0.1) is 12.4 Å². The fourth-order valence-corrected chi connectivity index (χ4v) is 5.09. The van der Waals surface area contributed by atoms with E-state index in [0.717, 1.165) is 0 Å². The van der Waals surface area contributed by atoms with Crippen molar-refractivity contribution in [3.8, 4) is 0 Å². The quantitative estimate of drug-likeness (QED) is 0.583. The maximum absolute atomic E-state index is 12.5. The Bertz CT molecular complexity index is 1010. The second-order valence-corrected chi connectivity index (χ2v) is 15.1. The molecule has 9 nitrogen and oxygen atoms in total. The number of imidazole rings is 1. The third-order valence-corrected chi connectivity index (χ3v) is 11.2. The van der Waals surface area contributed by atoms with Gasteiger partial charge in [-0.2, -0.15) is 4.98 Å². The van der Waals surface area contributed by atoms with Crippen LogP contribution in [-0.2, 0) is 9.22 Å². The fraction of sp³-hybridized carbons (Fsp3) is 0.714. The largest absolute Gasteiger partial charge is 0.413 e. The molecule has 10 heteroatoms. The van der Waals surface area contributed by atoms with Gasteiger partial charge in [-0.05, 0) is 31.0 Å². The SMILES string of the molecule is CC(C)C(=O)Nc1nc2c(ncn2[C@@H]2C[C@H](CO)[C@@H](O[Si](C)(C)C(C)(C)C)C2)c(=O)[nH]1. The molecule has 0 unspecified atom stereocenters. The molecular formula is C21H35N5O4Si. The number of aromatic amines is 1. The van der Waals surface area contributed by atoms with Gasteiger partial charge in [-0.25, -0.2) is 4.98 Å². The van der Waals surface area contributed by atoms with Crippen molar-refractivity contribution in [2.24, 2.45) is 11.8 Å². The van der Waals surface area contributed by atoms with Crippen molar-refractivity contribution in [3.63, 3.8) is 0 Å². The Morgan fingerprint density at radius 3 is 2.65 bits per heavy atom. The lowest BCUT2D eigenvalue weighted by molar-refractivity contribution is -0.118. The third-order valence-electron chi connectivity index (χ3n) is 6.68. The van der Waals surface area contributed by atoms with Crippen molar-refractivity contribution in [2.45, 2.75) is 77.7 Å². The minimum Gasteiger partial charge on any atom is -0.413 e. The molecule has 0 spiro atoms. The summed E-state index contributed by atoms with van der Waals surface area (Å²) in [7, 11) is -2.00. The lowest BCUT2D eigenvalue weighted by Gasteiger charge is -2.39. The third kappa shape index (κ3) is 4.75. The number of rotatable bonds is 6. The molecule has 0 bridgehead atoms. The van der Waals surface area contributed by atoms with E-state index in [9.17, 15) is 14.7 Å². The number of anilines is 1. The van der Waals surface area contributed by atoms with Crippen LogP contribution < -0.4 is 10.9 Å². The fourth-order valence-electron chi connectivity index (χ4n) is 3.69. The molecule has 1 aliphatic rings. The molecule has 0 saturated heterocycles. The van der Waals surface area contributed by atoms with E-state index in [1.807, 2.05) is 4.57 Å². The molecule has 1 saturated carbocycles. The molecule has 1 amide bonds. The first-order chi connectivity index (χ1) is 14.3. The van der Waals surface area contributed by atoms with Crippen molar-refractivity contribution in [3.05, 3.63) is 16.7 Å². The monoisotopic (exact) mass is 449 g/mol. The minimum absolute atomic E-state index is 0.000122. The summed E-state index contributed by atoms with van der Waals surface area (Å²) >= 11 is 0. The Morgan fingerprint density at radius 2 is 2.06 bits per heavy atom. The summed E-state index contributed by atoms with van der Waals surface area (Å²) < 4.78 is 8.52. The van der Waals surface area contributed by atoms with E-state index in [-0.39, 0.29) is 53.0 Å². The number of hydrogen-bond donors (Lipinski definition) is 3. The van der Waals surface area contributed by atoms with Gasteiger partial charge in [0.15, 0.2) is 19.5 Å². The second kappa shape index (κ2) is 8.48. The summed E-state index contributed by atoms with van der Waals surface area (Å²) in [6, 6.07) is -0.000122. The van der Waals surface area contributed by atoms with Gasteiger partial charge in [-0.1, -0.05) is 34.6 Å². The standard InChI is InChI=1S/C21H35N5O4Si/c1-12(2)18(28)24-20-23-17-16(19(29)25-20)22-11-26(17)14-8-13(10-27)15(9-14)30-31(6,7)21(3,4)5/h11-15,27H,8-10H2,1-7H3,(H2,23,24,25,28,29)/t13-,14-,15+/m1/s1. The number of hydrogen-bond acceptors (Lipinski definition) is 6. The van der Waals surface area contributed by atoms with E-state index < -0.39 is 13.9 Å². The van der Waals surface area contributed by atoms with Gasteiger partial charge >= 0.3 is 0 Å². The second-order valence-electron chi connectivity index (χ2n) is 10.4. The molecule has 3 N–H and O–H groups in total. The van der Waals surface area contributed by atoms with Crippen molar-refractivity contribution >= 4 is 31.3 Å². The van der Waals surface area contributed by atoms with Crippen molar-refractivity contribution in [2.75, 3.05) is 11.9 Å². The van der Waals surface area contributed by atoms with Crippen LogP contribution in [0.4, 0.5) is 5.95 Å². The van der Waals surface area contributed by atoms with E-state index in [2.05, 4.69) is 54.1 Å². The van der Waals surface area contributed by atoms with Gasteiger partial charge in [0.1, 0.15) is 0 Å². The summed E-state index contributed by atoms with van der Waals surface area (Å²) in [6.07, 6.45) is 2.99. The number of aromatic nitrogens is 4. The Kier molecular flexibility index (Phi) is 6.46. The summed E-state index contributed by atoms with van der Waals surface area (Å²) in [6.45, 7) is 14.6. The smallest absolute Gasteiger partial charge is 0.280 e. The summed E-state index contributed by atoms with van der Waals surface area (Å²) in [5.74, 6) is -0.334. The molecule has 0 radical (unpaired) electrons. The maximum atomic E-state index is 12.5. The lowest BCUT2D eigenvalue weighted by Crippen LogP contribution is -2.45. The van der Waals surface area contributed by atoms with Gasteiger partial charge < -0.3 is 14.1 Å². The molecule has 2 heterocycles. The number of carbonyl (C=O) groups is 1. The van der Waals surface area contributed by atoms with Gasteiger partial charge in [0.2, 0.25) is 11.9 Å². The molecule has 1 aliphatic carbocycles. The van der Waals surface area contributed by atoms with Crippen LogP contribution in [0, 0.1) is 11.8 Å². The lowest BCUT2D eigenvalue weighted by atomic mass is 10.1. The average Bonchev–Trinajstić information content (AvgIpc) is 3.24. The predicted octanol–water partition coefficient (Wildman–Crippen LogP) is 3.05. The van der Waals surface area contributed by atoms with Crippen LogP contribution in [0.2, 0.25) is 18.1 Å². The van der Waals surface area contributed by atoms with Gasteiger partial charge in [-0.3, -0.25) is 19.9 Å². The number of aliphatic hydroxyl groups is 1. The Balaban J connectivity index is 1.90. The molecule has 172 valence electrons. The van der Waals surface area contributed by atoms with E-state index in [4.69, 9.17) is 4.43 Å². The highest BCUT2D eigenvalue weighted by Gasteiger charge is 2.44. The Hall–Kier alpha value is -2.04. The number of H-pyrrole nitrogens is 1. The maximum Gasteiger partial charge on any atom is 0.280 e. The molecular weight excluding hydrogens is 414 g/mol. The predicted molar refractivity (Wildman–Crippen MR) is 123 cm³/mol. The first kappa shape index (κ1) is 23.6. The van der Waals surface area contributed by atoms with Crippen LogP contribution in [0.5, 0.6) is 0 Å². The van der Waals surface area contributed by atoms with E-state index in [1.165, 1.54) is 0 Å². The average molecular weight is 450 g/mol. The normalized spacial score (nSPS) is 22.4. The number of carbonyl (C=O) groups excluding carboxylic acids is 1. The Labute approximate surface area is 183 Å². The van der Waals surface area contributed by atoms with Gasteiger partial charge in [0.25, 0.3) is 5.56 Å². The minimum atomic E-state index is -2.00. The molecule has 0 aromatic carbocycles.